The summed E-state index contributed by atoms with van der Waals surface area (Å²) in [6.45, 7) is 0.648. The number of carboxylic acid groups (broad SMARTS) is 1. The number of carbonyl (C=O) groups excluding carboxylic acids is 1. The number of amides is 2. The average molecular weight is 292 g/mol. The van der Waals surface area contributed by atoms with Gasteiger partial charge in [-0.25, -0.2) is 4.79 Å². The van der Waals surface area contributed by atoms with Crippen molar-refractivity contribution in [1.82, 2.24) is 10.6 Å². The smallest absolute Gasteiger partial charge is 0.314 e. The van der Waals surface area contributed by atoms with Gasteiger partial charge in [-0.1, -0.05) is 18.2 Å². The molecule has 0 radical (unpaired) electrons. The molecule has 21 heavy (non-hydrogen) atoms. The zero-order valence-electron chi connectivity index (χ0n) is 12.0. The predicted octanol–water partition coefficient (Wildman–Crippen LogP) is 1.40. The largest absolute Gasteiger partial charge is 0.496 e. The van der Waals surface area contributed by atoms with Gasteiger partial charge in [-0.15, -0.1) is 0 Å². The number of benzene rings is 1. The molecule has 0 aliphatic heterocycles. The fraction of sp³-hybridized carbons (Fsp3) is 0.467. The molecule has 6 nitrogen and oxygen atoms in total. The number of ether oxygens (including phenoxy) is 1. The third-order valence-electron chi connectivity index (χ3n) is 3.77. The number of para-hydroxylation sites is 1. The Morgan fingerprint density at radius 1 is 1.29 bits per heavy atom. The summed E-state index contributed by atoms with van der Waals surface area (Å²) in [4.78, 5) is 22.6. The maximum atomic E-state index is 11.6. The second-order valence-corrected chi connectivity index (χ2v) is 5.26. The molecule has 1 fully saturated rings. The summed E-state index contributed by atoms with van der Waals surface area (Å²) in [5.41, 5.74) is 0.282. The molecule has 2 rings (SSSR count). The Hall–Kier alpha value is -2.24. The van der Waals surface area contributed by atoms with Gasteiger partial charge >= 0.3 is 12.0 Å². The van der Waals surface area contributed by atoms with Gasteiger partial charge in [0, 0.05) is 13.1 Å². The number of carboxylic acids is 1. The van der Waals surface area contributed by atoms with Crippen LogP contribution in [0.1, 0.15) is 18.4 Å². The first-order valence-electron chi connectivity index (χ1n) is 6.94. The van der Waals surface area contributed by atoms with Crippen molar-refractivity contribution in [3.63, 3.8) is 0 Å². The third-order valence-corrected chi connectivity index (χ3v) is 3.77. The molecule has 6 heteroatoms. The Labute approximate surface area is 123 Å². The highest BCUT2D eigenvalue weighted by atomic mass is 16.5. The van der Waals surface area contributed by atoms with Gasteiger partial charge in [0.25, 0.3) is 0 Å². The molecule has 0 unspecified atom stereocenters. The quantitative estimate of drug-likeness (QED) is 0.709. The predicted molar refractivity (Wildman–Crippen MR) is 77.4 cm³/mol. The average Bonchev–Trinajstić information content (AvgIpc) is 3.27. The van der Waals surface area contributed by atoms with Crippen molar-refractivity contribution in [3.8, 4) is 5.75 Å². The standard InChI is InChI=1S/C15H20N2O4/c1-21-12-5-3-2-4-11(12)6-9-16-14(20)17-10-15(7-8-15)13(18)19/h2-5H,6-10H2,1H3,(H,18,19)(H2,16,17,20). The van der Waals surface area contributed by atoms with Crippen LogP contribution in [-0.2, 0) is 11.2 Å². The van der Waals surface area contributed by atoms with E-state index in [1.807, 2.05) is 24.3 Å². The lowest BCUT2D eigenvalue weighted by Crippen LogP contribution is -2.41. The van der Waals surface area contributed by atoms with E-state index in [1.165, 1.54) is 0 Å². The van der Waals surface area contributed by atoms with Gasteiger partial charge in [0.05, 0.1) is 12.5 Å². The number of hydrogen-bond acceptors (Lipinski definition) is 3. The summed E-state index contributed by atoms with van der Waals surface area (Å²) in [6.07, 6.45) is 1.91. The van der Waals surface area contributed by atoms with E-state index in [2.05, 4.69) is 10.6 Å². The van der Waals surface area contributed by atoms with Gasteiger partial charge in [-0.3, -0.25) is 4.79 Å². The molecule has 0 heterocycles. The van der Waals surface area contributed by atoms with E-state index in [0.717, 1.165) is 11.3 Å². The van der Waals surface area contributed by atoms with E-state index >= 15 is 0 Å². The molecule has 1 aliphatic carbocycles. The van der Waals surface area contributed by atoms with Crippen LogP contribution in [-0.4, -0.2) is 37.3 Å². The minimum absolute atomic E-state index is 0.183. The lowest BCUT2D eigenvalue weighted by molar-refractivity contribution is -0.143. The van der Waals surface area contributed by atoms with Gasteiger partial charge in [0.1, 0.15) is 5.75 Å². The van der Waals surface area contributed by atoms with Gasteiger partial charge in [-0.05, 0) is 30.9 Å². The van der Waals surface area contributed by atoms with Gasteiger partial charge in [0.2, 0.25) is 0 Å². The van der Waals surface area contributed by atoms with Crippen LogP contribution in [0.5, 0.6) is 5.75 Å². The summed E-state index contributed by atoms with van der Waals surface area (Å²) in [5.74, 6) is -0.0423. The Bertz CT molecular complexity index is 526. The number of hydrogen-bond donors (Lipinski definition) is 3. The number of methoxy groups -OCH3 is 1. The van der Waals surface area contributed by atoms with Gasteiger partial charge < -0.3 is 20.5 Å². The molecule has 1 aliphatic rings. The fourth-order valence-electron chi connectivity index (χ4n) is 2.15. The zero-order valence-corrected chi connectivity index (χ0v) is 12.0. The third kappa shape index (κ3) is 3.87. The molecular weight excluding hydrogens is 272 g/mol. The first-order valence-corrected chi connectivity index (χ1v) is 6.94. The second kappa shape index (κ2) is 6.47. The summed E-state index contributed by atoms with van der Waals surface area (Å²) >= 11 is 0. The van der Waals surface area contributed by atoms with Crippen LogP contribution < -0.4 is 15.4 Å². The van der Waals surface area contributed by atoms with Crippen LogP contribution in [0.25, 0.3) is 0 Å². The molecule has 114 valence electrons. The van der Waals surface area contributed by atoms with E-state index in [9.17, 15) is 9.59 Å². The Morgan fingerprint density at radius 3 is 2.62 bits per heavy atom. The lowest BCUT2D eigenvalue weighted by atomic mass is 10.1. The topological polar surface area (TPSA) is 87.7 Å². The van der Waals surface area contributed by atoms with Crippen LogP contribution in [0.3, 0.4) is 0 Å². The number of rotatable bonds is 7. The van der Waals surface area contributed by atoms with Crippen molar-refractivity contribution in [2.45, 2.75) is 19.3 Å². The highest BCUT2D eigenvalue weighted by molar-refractivity contribution is 5.80. The molecule has 1 aromatic carbocycles. The van der Waals surface area contributed by atoms with Crippen molar-refractivity contribution in [2.75, 3.05) is 20.2 Å². The van der Waals surface area contributed by atoms with Crippen LogP contribution in [0.2, 0.25) is 0 Å². The van der Waals surface area contributed by atoms with Crippen molar-refractivity contribution in [2.24, 2.45) is 5.41 Å². The molecule has 0 saturated heterocycles. The van der Waals surface area contributed by atoms with Gasteiger partial charge in [0.15, 0.2) is 0 Å². The Kier molecular flexibility index (Phi) is 4.67. The molecule has 2 amide bonds. The normalized spacial score (nSPS) is 15.1. The second-order valence-electron chi connectivity index (χ2n) is 5.26. The van der Waals surface area contributed by atoms with E-state index in [4.69, 9.17) is 9.84 Å². The fourth-order valence-corrected chi connectivity index (χ4v) is 2.15. The van der Waals surface area contributed by atoms with Crippen LogP contribution in [0.4, 0.5) is 4.79 Å². The maximum absolute atomic E-state index is 11.6. The summed E-state index contributed by atoms with van der Waals surface area (Å²) in [7, 11) is 1.61. The molecule has 3 N–H and O–H groups in total. The first kappa shape index (κ1) is 15.2. The number of nitrogens with one attached hydrogen (secondary N) is 2. The SMILES string of the molecule is COc1ccccc1CCNC(=O)NCC1(C(=O)O)CC1. The summed E-state index contributed by atoms with van der Waals surface area (Å²) < 4.78 is 5.24. The first-order chi connectivity index (χ1) is 10.1. The summed E-state index contributed by atoms with van der Waals surface area (Å²) in [6, 6.07) is 7.30. The zero-order chi connectivity index (χ0) is 15.3. The number of aliphatic carboxylic acids is 1. The summed E-state index contributed by atoms with van der Waals surface area (Å²) in [5, 5.41) is 14.4. The van der Waals surface area contributed by atoms with Crippen LogP contribution in [0.15, 0.2) is 24.3 Å². The molecule has 1 aromatic rings. The highest BCUT2D eigenvalue weighted by Crippen LogP contribution is 2.45. The molecule has 1 saturated carbocycles. The molecule has 0 bridgehead atoms. The van der Waals surface area contributed by atoms with Crippen molar-refractivity contribution < 1.29 is 19.4 Å². The van der Waals surface area contributed by atoms with E-state index < -0.39 is 11.4 Å². The highest BCUT2D eigenvalue weighted by Gasteiger charge is 2.50. The molecule has 0 aromatic heterocycles. The lowest BCUT2D eigenvalue weighted by Gasteiger charge is -2.12. The maximum Gasteiger partial charge on any atom is 0.314 e. The van der Waals surface area contributed by atoms with Crippen LogP contribution in [0, 0.1) is 5.41 Å². The van der Waals surface area contributed by atoms with Crippen molar-refractivity contribution >= 4 is 12.0 Å². The molecular formula is C15H20N2O4. The van der Waals surface area contributed by atoms with E-state index in [1.54, 1.807) is 7.11 Å². The molecule has 0 atom stereocenters. The van der Waals surface area contributed by atoms with Gasteiger partial charge in [-0.2, -0.15) is 0 Å². The van der Waals surface area contributed by atoms with Crippen LogP contribution >= 0.6 is 0 Å². The van der Waals surface area contributed by atoms with Crippen molar-refractivity contribution in [1.29, 1.82) is 0 Å². The Balaban J connectivity index is 1.71. The number of carbonyl (C=O) groups is 2. The Morgan fingerprint density at radius 2 is 2.00 bits per heavy atom. The number of urea groups is 1. The minimum atomic E-state index is -0.836. The van der Waals surface area contributed by atoms with Crippen molar-refractivity contribution in [3.05, 3.63) is 29.8 Å². The minimum Gasteiger partial charge on any atom is -0.496 e. The van der Waals surface area contributed by atoms with E-state index in [0.29, 0.717) is 25.8 Å². The molecule has 0 spiro atoms. The van der Waals surface area contributed by atoms with E-state index in [-0.39, 0.29) is 12.6 Å². The monoisotopic (exact) mass is 292 g/mol.